The zero-order valence-corrected chi connectivity index (χ0v) is 7.12. The highest BCUT2D eigenvalue weighted by molar-refractivity contribution is 5.87. The first kappa shape index (κ1) is 6.83. The number of rotatable bonds is 0. The Morgan fingerprint density at radius 2 is 2.23 bits per heavy atom. The van der Waals surface area contributed by atoms with Crippen molar-refractivity contribution in [1.82, 2.24) is 10.2 Å². The molecule has 3 rings (SSSR count). The summed E-state index contributed by atoms with van der Waals surface area (Å²) in [6.45, 7) is 1.04. The van der Waals surface area contributed by atoms with Crippen molar-refractivity contribution in [1.29, 1.82) is 0 Å². The second kappa shape index (κ2) is 2.42. The van der Waals surface area contributed by atoms with Gasteiger partial charge in [0.1, 0.15) is 0 Å². The maximum atomic E-state index is 4.08. The van der Waals surface area contributed by atoms with Crippen LogP contribution in [0.2, 0.25) is 0 Å². The van der Waals surface area contributed by atoms with Crippen molar-refractivity contribution < 1.29 is 0 Å². The lowest BCUT2D eigenvalue weighted by Crippen LogP contribution is -1.90. The van der Waals surface area contributed by atoms with Crippen molar-refractivity contribution in [3.63, 3.8) is 0 Å². The van der Waals surface area contributed by atoms with E-state index in [1.165, 1.54) is 16.6 Å². The van der Waals surface area contributed by atoms with Crippen molar-refractivity contribution in [2.45, 2.75) is 6.42 Å². The summed E-state index contributed by atoms with van der Waals surface area (Å²) in [6, 6.07) is 6.13. The van der Waals surface area contributed by atoms with Crippen molar-refractivity contribution in [2.75, 3.05) is 11.9 Å². The number of hydrogen-bond acceptors (Lipinski definition) is 3. The van der Waals surface area contributed by atoms with Gasteiger partial charge in [0.2, 0.25) is 0 Å². The number of hydrogen-bond donors (Lipinski definition) is 1. The molecule has 13 heavy (non-hydrogen) atoms. The van der Waals surface area contributed by atoms with Crippen LogP contribution in [0.1, 0.15) is 5.56 Å². The molecule has 2 aromatic rings. The van der Waals surface area contributed by atoms with Crippen LogP contribution in [0.3, 0.4) is 0 Å². The summed E-state index contributed by atoms with van der Waals surface area (Å²) in [6.07, 6.45) is 2.85. The Labute approximate surface area is 75.8 Å². The van der Waals surface area contributed by atoms with E-state index in [1.807, 2.05) is 12.1 Å². The largest absolute Gasteiger partial charge is 0.384 e. The smallest absolute Gasteiger partial charge is 0.0933 e. The minimum absolute atomic E-state index is 0.991. The van der Waals surface area contributed by atoms with Crippen LogP contribution in [0.5, 0.6) is 0 Å². The summed E-state index contributed by atoms with van der Waals surface area (Å²) >= 11 is 0. The molecular weight excluding hydrogens is 162 g/mol. The molecule has 0 saturated carbocycles. The molecule has 0 amide bonds. The van der Waals surface area contributed by atoms with E-state index >= 15 is 0 Å². The Bertz CT molecular complexity index is 465. The SMILES string of the molecule is c1cc2c3c(ccc2nn1)NCC3. The van der Waals surface area contributed by atoms with Gasteiger partial charge in [-0.25, -0.2) is 0 Å². The molecule has 0 unspecified atom stereocenters. The van der Waals surface area contributed by atoms with Gasteiger partial charge in [0.25, 0.3) is 0 Å². The van der Waals surface area contributed by atoms with E-state index < -0.39 is 0 Å². The third kappa shape index (κ3) is 0.900. The molecule has 0 spiro atoms. The fraction of sp³-hybridized carbons (Fsp3) is 0.200. The summed E-state index contributed by atoms with van der Waals surface area (Å²) in [5.41, 5.74) is 3.62. The summed E-state index contributed by atoms with van der Waals surface area (Å²) < 4.78 is 0. The first-order valence-electron chi connectivity index (χ1n) is 4.42. The maximum Gasteiger partial charge on any atom is 0.0933 e. The normalized spacial score (nSPS) is 14.2. The molecule has 0 radical (unpaired) electrons. The molecule has 0 atom stereocenters. The van der Waals surface area contributed by atoms with Gasteiger partial charge in [-0.1, -0.05) is 0 Å². The number of anilines is 1. The highest BCUT2D eigenvalue weighted by Gasteiger charge is 2.12. The van der Waals surface area contributed by atoms with Crippen LogP contribution in [-0.2, 0) is 6.42 Å². The first-order valence-corrected chi connectivity index (χ1v) is 4.42. The zero-order chi connectivity index (χ0) is 8.67. The molecular formula is C10H9N3. The maximum absolute atomic E-state index is 4.08. The Kier molecular flexibility index (Phi) is 1.27. The van der Waals surface area contributed by atoms with E-state index in [9.17, 15) is 0 Å². The van der Waals surface area contributed by atoms with Crippen LogP contribution in [0, 0.1) is 0 Å². The predicted octanol–water partition coefficient (Wildman–Crippen LogP) is 1.60. The zero-order valence-electron chi connectivity index (χ0n) is 7.12. The van der Waals surface area contributed by atoms with Crippen LogP contribution >= 0.6 is 0 Å². The fourth-order valence-electron chi connectivity index (χ4n) is 1.89. The average molecular weight is 171 g/mol. The van der Waals surface area contributed by atoms with E-state index in [0.717, 1.165) is 18.5 Å². The highest BCUT2D eigenvalue weighted by Crippen LogP contribution is 2.28. The van der Waals surface area contributed by atoms with Gasteiger partial charge in [-0.05, 0) is 30.2 Å². The van der Waals surface area contributed by atoms with Gasteiger partial charge in [0.15, 0.2) is 0 Å². The van der Waals surface area contributed by atoms with Gasteiger partial charge in [0, 0.05) is 17.6 Å². The van der Waals surface area contributed by atoms with Gasteiger partial charge in [0.05, 0.1) is 11.7 Å². The lowest BCUT2D eigenvalue weighted by Gasteiger charge is -2.02. The molecule has 1 N–H and O–H groups in total. The van der Waals surface area contributed by atoms with Gasteiger partial charge < -0.3 is 5.32 Å². The molecule has 0 aliphatic carbocycles. The lowest BCUT2D eigenvalue weighted by molar-refractivity contribution is 1.07. The fourth-order valence-corrected chi connectivity index (χ4v) is 1.89. The van der Waals surface area contributed by atoms with E-state index in [2.05, 4.69) is 21.6 Å². The molecule has 1 aliphatic heterocycles. The molecule has 3 nitrogen and oxygen atoms in total. The van der Waals surface area contributed by atoms with Crippen molar-refractivity contribution in [3.05, 3.63) is 30.0 Å². The first-order chi connectivity index (χ1) is 6.45. The number of benzene rings is 1. The molecule has 0 fully saturated rings. The highest BCUT2D eigenvalue weighted by atomic mass is 15.1. The van der Waals surface area contributed by atoms with Crippen LogP contribution < -0.4 is 5.32 Å². The lowest BCUT2D eigenvalue weighted by atomic mass is 10.1. The van der Waals surface area contributed by atoms with E-state index in [-0.39, 0.29) is 0 Å². The summed E-state index contributed by atoms with van der Waals surface area (Å²) in [5, 5.41) is 12.5. The van der Waals surface area contributed by atoms with Crippen LogP contribution in [-0.4, -0.2) is 16.7 Å². The van der Waals surface area contributed by atoms with Crippen molar-refractivity contribution in [3.8, 4) is 0 Å². The quantitative estimate of drug-likeness (QED) is 0.654. The Hall–Kier alpha value is -1.64. The van der Waals surface area contributed by atoms with Crippen molar-refractivity contribution >= 4 is 16.6 Å². The molecule has 0 bridgehead atoms. The molecule has 64 valence electrons. The van der Waals surface area contributed by atoms with E-state index in [0.29, 0.717) is 0 Å². The van der Waals surface area contributed by atoms with Gasteiger partial charge in [-0.2, -0.15) is 10.2 Å². The topological polar surface area (TPSA) is 37.8 Å². The summed E-state index contributed by atoms with van der Waals surface area (Å²) in [7, 11) is 0. The van der Waals surface area contributed by atoms with Gasteiger partial charge in [-0.15, -0.1) is 0 Å². The second-order valence-corrected chi connectivity index (χ2v) is 3.23. The monoisotopic (exact) mass is 171 g/mol. The third-order valence-electron chi connectivity index (χ3n) is 2.50. The van der Waals surface area contributed by atoms with E-state index in [4.69, 9.17) is 0 Å². The number of aromatic nitrogens is 2. The number of nitrogens with one attached hydrogen (secondary N) is 1. The number of nitrogens with zero attached hydrogens (tertiary/aromatic N) is 2. The average Bonchev–Trinajstić information content (AvgIpc) is 2.65. The molecule has 2 heterocycles. The van der Waals surface area contributed by atoms with Gasteiger partial charge >= 0.3 is 0 Å². The molecule has 1 aliphatic rings. The van der Waals surface area contributed by atoms with Crippen LogP contribution in [0.25, 0.3) is 10.9 Å². The second-order valence-electron chi connectivity index (χ2n) is 3.23. The molecule has 0 saturated heterocycles. The minimum atomic E-state index is 0.991. The van der Waals surface area contributed by atoms with Crippen molar-refractivity contribution in [2.24, 2.45) is 0 Å². The summed E-state index contributed by atoms with van der Waals surface area (Å²) in [5.74, 6) is 0. The minimum Gasteiger partial charge on any atom is -0.384 e. The van der Waals surface area contributed by atoms with Gasteiger partial charge in [-0.3, -0.25) is 0 Å². The third-order valence-corrected chi connectivity index (χ3v) is 2.50. The van der Waals surface area contributed by atoms with Crippen LogP contribution in [0.4, 0.5) is 5.69 Å². The summed E-state index contributed by atoms with van der Waals surface area (Å²) in [4.78, 5) is 0. The molecule has 1 aromatic heterocycles. The molecule has 1 aromatic carbocycles. The Morgan fingerprint density at radius 3 is 3.23 bits per heavy atom. The Morgan fingerprint density at radius 1 is 1.23 bits per heavy atom. The number of fused-ring (bicyclic) bond motifs is 3. The standard InChI is InChI=1S/C10H9N3/c1-2-10-8(4-6-12-13-10)7-3-5-11-9(1)7/h1-2,4,6,11H,3,5H2. The Balaban J connectivity index is 2.43. The molecule has 3 heteroatoms. The van der Waals surface area contributed by atoms with Crippen LogP contribution in [0.15, 0.2) is 24.4 Å². The predicted molar refractivity (Wildman–Crippen MR) is 51.7 cm³/mol. The van der Waals surface area contributed by atoms with E-state index in [1.54, 1.807) is 6.20 Å².